The third kappa shape index (κ3) is 6.34. The third-order valence-electron chi connectivity index (χ3n) is 4.72. The highest BCUT2D eigenvalue weighted by molar-refractivity contribution is 5.79. The first-order valence-corrected chi connectivity index (χ1v) is 10.3. The first-order chi connectivity index (χ1) is 14.2. The summed E-state index contributed by atoms with van der Waals surface area (Å²) >= 11 is 0. The monoisotopic (exact) mass is 399 g/mol. The molecule has 29 heavy (non-hydrogen) atoms. The fourth-order valence-corrected chi connectivity index (χ4v) is 3.19. The molecular formula is C22H30FN5O. The normalized spacial score (nSPS) is 15.3. The van der Waals surface area contributed by atoms with Crippen LogP contribution >= 0.6 is 0 Å². The summed E-state index contributed by atoms with van der Waals surface area (Å²) in [4.78, 5) is 11.5. The van der Waals surface area contributed by atoms with Gasteiger partial charge in [0.15, 0.2) is 17.5 Å². The van der Waals surface area contributed by atoms with E-state index in [0.29, 0.717) is 19.0 Å². The van der Waals surface area contributed by atoms with Crippen LogP contribution < -0.4 is 20.3 Å². The van der Waals surface area contributed by atoms with Crippen molar-refractivity contribution in [1.82, 2.24) is 15.6 Å². The lowest BCUT2D eigenvalue weighted by Gasteiger charge is -2.18. The highest BCUT2D eigenvalue weighted by atomic mass is 19.1. The van der Waals surface area contributed by atoms with Gasteiger partial charge in [0.2, 0.25) is 0 Å². The molecule has 1 fully saturated rings. The van der Waals surface area contributed by atoms with E-state index in [4.69, 9.17) is 4.74 Å². The van der Waals surface area contributed by atoms with Crippen molar-refractivity contribution in [3.63, 3.8) is 0 Å². The lowest BCUT2D eigenvalue weighted by atomic mass is 10.3. The van der Waals surface area contributed by atoms with Crippen LogP contribution in [0.5, 0.6) is 5.75 Å². The van der Waals surface area contributed by atoms with Gasteiger partial charge in [0.05, 0.1) is 13.1 Å². The molecule has 0 spiro atoms. The number of pyridine rings is 1. The standard InChI is InChI=1S/C22H30FN5O/c1-3-24-22(26-14-17(2)29-20-9-5-4-8-19(20)23)27-16-18-10-11-21(25-15-18)28-12-6-7-13-28/h4-5,8-11,15,17H,3,6-7,12-14,16H2,1-2H3,(H2,24,26,27). The molecule has 1 saturated heterocycles. The second-order valence-electron chi connectivity index (χ2n) is 7.15. The molecule has 0 amide bonds. The topological polar surface area (TPSA) is 61.8 Å². The molecule has 1 aromatic heterocycles. The molecule has 0 bridgehead atoms. The fourth-order valence-electron chi connectivity index (χ4n) is 3.19. The molecule has 0 saturated carbocycles. The molecule has 2 heterocycles. The Balaban J connectivity index is 1.51. The maximum Gasteiger partial charge on any atom is 0.191 e. The summed E-state index contributed by atoms with van der Waals surface area (Å²) in [6, 6.07) is 10.6. The summed E-state index contributed by atoms with van der Waals surface area (Å²) in [6.07, 6.45) is 4.16. The maximum absolute atomic E-state index is 13.7. The van der Waals surface area contributed by atoms with E-state index in [1.54, 1.807) is 18.2 Å². The van der Waals surface area contributed by atoms with Crippen LogP contribution in [0.25, 0.3) is 0 Å². The number of aliphatic imine (C=N–C) groups is 1. The molecule has 6 nitrogen and oxygen atoms in total. The summed E-state index contributed by atoms with van der Waals surface area (Å²) in [5, 5.41) is 6.47. The van der Waals surface area contributed by atoms with Crippen molar-refractivity contribution in [3.8, 4) is 5.75 Å². The Bertz CT molecular complexity index is 790. The zero-order chi connectivity index (χ0) is 20.5. The Morgan fingerprint density at radius 3 is 2.69 bits per heavy atom. The van der Waals surface area contributed by atoms with E-state index in [0.717, 1.165) is 31.0 Å². The van der Waals surface area contributed by atoms with Gasteiger partial charge in [-0.05, 0) is 50.5 Å². The molecule has 156 valence electrons. The van der Waals surface area contributed by atoms with Crippen LogP contribution in [0.3, 0.4) is 0 Å². The minimum atomic E-state index is -0.357. The van der Waals surface area contributed by atoms with E-state index < -0.39 is 0 Å². The number of hydrogen-bond acceptors (Lipinski definition) is 4. The summed E-state index contributed by atoms with van der Waals surface area (Å²) in [6.45, 7) is 7.88. The fraction of sp³-hybridized carbons (Fsp3) is 0.455. The summed E-state index contributed by atoms with van der Waals surface area (Å²) in [5.74, 6) is 1.64. The molecule has 3 rings (SSSR count). The van der Waals surface area contributed by atoms with E-state index in [-0.39, 0.29) is 17.7 Å². The number of ether oxygens (including phenoxy) is 1. The molecule has 1 unspecified atom stereocenters. The Labute approximate surface area is 172 Å². The zero-order valence-electron chi connectivity index (χ0n) is 17.2. The van der Waals surface area contributed by atoms with Crippen molar-refractivity contribution in [2.24, 2.45) is 4.99 Å². The van der Waals surface area contributed by atoms with Crippen LogP contribution in [0.1, 0.15) is 32.3 Å². The molecule has 0 aliphatic carbocycles. The molecule has 0 radical (unpaired) electrons. The number of aromatic nitrogens is 1. The van der Waals surface area contributed by atoms with Gasteiger partial charge in [-0.3, -0.25) is 0 Å². The SMILES string of the molecule is CCNC(=NCc1ccc(N2CCCC2)nc1)NCC(C)Oc1ccccc1F. The minimum absolute atomic E-state index is 0.211. The smallest absolute Gasteiger partial charge is 0.191 e. The van der Waals surface area contributed by atoms with E-state index >= 15 is 0 Å². The first kappa shape index (κ1) is 20.9. The number of guanidine groups is 1. The predicted molar refractivity (Wildman–Crippen MR) is 115 cm³/mol. The number of nitrogens with one attached hydrogen (secondary N) is 2. The van der Waals surface area contributed by atoms with Gasteiger partial charge in [-0.2, -0.15) is 0 Å². The molecule has 2 N–H and O–H groups in total. The number of halogens is 1. The van der Waals surface area contributed by atoms with E-state index in [9.17, 15) is 4.39 Å². The average Bonchev–Trinajstić information content (AvgIpc) is 3.27. The highest BCUT2D eigenvalue weighted by Crippen LogP contribution is 2.18. The van der Waals surface area contributed by atoms with Gasteiger partial charge in [0.25, 0.3) is 0 Å². The second kappa shape index (κ2) is 10.6. The van der Waals surface area contributed by atoms with Crippen molar-refractivity contribution in [2.75, 3.05) is 31.1 Å². The van der Waals surface area contributed by atoms with Gasteiger partial charge in [-0.1, -0.05) is 18.2 Å². The molecule has 1 atom stereocenters. The number of anilines is 1. The number of para-hydroxylation sites is 1. The number of hydrogen-bond donors (Lipinski definition) is 2. The number of nitrogens with zero attached hydrogens (tertiary/aromatic N) is 3. The van der Waals surface area contributed by atoms with E-state index in [1.165, 1.54) is 18.9 Å². The third-order valence-corrected chi connectivity index (χ3v) is 4.72. The van der Waals surface area contributed by atoms with Crippen molar-refractivity contribution in [3.05, 3.63) is 54.0 Å². The van der Waals surface area contributed by atoms with Crippen LogP contribution in [-0.4, -0.2) is 43.2 Å². The van der Waals surface area contributed by atoms with Crippen molar-refractivity contribution >= 4 is 11.8 Å². The van der Waals surface area contributed by atoms with Gasteiger partial charge < -0.3 is 20.3 Å². The van der Waals surface area contributed by atoms with Crippen LogP contribution in [0, 0.1) is 5.82 Å². The van der Waals surface area contributed by atoms with E-state index in [1.807, 2.05) is 20.0 Å². The van der Waals surface area contributed by atoms with Crippen molar-refractivity contribution in [1.29, 1.82) is 0 Å². The Hall–Kier alpha value is -2.83. The Morgan fingerprint density at radius 1 is 1.21 bits per heavy atom. The first-order valence-electron chi connectivity index (χ1n) is 10.3. The summed E-state index contributed by atoms with van der Waals surface area (Å²) in [7, 11) is 0. The van der Waals surface area contributed by atoms with Crippen LogP contribution in [0.2, 0.25) is 0 Å². The van der Waals surface area contributed by atoms with Gasteiger partial charge in [-0.15, -0.1) is 0 Å². The van der Waals surface area contributed by atoms with Crippen LogP contribution in [0.15, 0.2) is 47.6 Å². The molecule has 2 aromatic rings. The quantitative estimate of drug-likeness (QED) is 0.527. The van der Waals surface area contributed by atoms with Crippen LogP contribution in [-0.2, 0) is 6.54 Å². The van der Waals surface area contributed by atoms with Gasteiger partial charge in [0.1, 0.15) is 11.9 Å². The Morgan fingerprint density at radius 2 is 2.00 bits per heavy atom. The van der Waals surface area contributed by atoms with Crippen molar-refractivity contribution in [2.45, 2.75) is 39.3 Å². The molecule has 7 heteroatoms. The molecule has 1 aliphatic rings. The lowest BCUT2D eigenvalue weighted by Crippen LogP contribution is -2.41. The average molecular weight is 400 g/mol. The summed E-state index contributed by atoms with van der Waals surface area (Å²) < 4.78 is 19.4. The number of rotatable bonds is 8. The highest BCUT2D eigenvalue weighted by Gasteiger charge is 2.13. The molecule has 1 aromatic carbocycles. The van der Waals surface area contributed by atoms with Crippen molar-refractivity contribution < 1.29 is 9.13 Å². The lowest BCUT2D eigenvalue weighted by molar-refractivity contribution is 0.214. The van der Waals surface area contributed by atoms with Crippen LogP contribution in [0.4, 0.5) is 10.2 Å². The molecule has 1 aliphatic heterocycles. The maximum atomic E-state index is 13.7. The van der Waals surface area contributed by atoms with Gasteiger partial charge in [-0.25, -0.2) is 14.4 Å². The predicted octanol–water partition coefficient (Wildman–Crippen LogP) is 3.34. The number of benzene rings is 1. The van der Waals surface area contributed by atoms with Gasteiger partial charge in [0, 0.05) is 25.8 Å². The van der Waals surface area contributed by atoms with E-state index in [2.05, 4.69) is 37.6 Å². The molecular weight excluding hydrogens is 369 g/mol. The second-order valence-corrected chi connectivity index (χ2v) is 7.15. The minimum Gasteiger partial charge on any atom is -0.486 e. The Kier molecular flexibility index (Phi) is 7.67. The zero-order valence-corrected chi connectivity index (χ0v) is 17.2. The summed E-state index contributed by atoms with van der Waals surface area (Å²) in [5.41, 5.74) is 1.06. The largest absolute Gasteiger partial charge is 0.486 e. The van der Waals surface area contributed by atoms with Gasteiger partial charge >= 0.3 is 0 Å².